The number of aliphatic hydroxyl groups is 6. The number of aromatic nitrogens is 2. The Morgan fingerprint density at radius 1 is 0.973 bits per heavy atom. The molecule has 20 heteroatoms. The maximum atomic E-state index is 13.6. The van der Waals surface area contributed by atoms with Gasteiger partial charge in [-0.3, -0.25) is 9.59 Å². The number of rotatable bonds is 8. The van der Waals surface area contributed by atoms with Gasteiger partial charge in [0.05, 0.1) is 35.8 Å². The molecule has 2 aromatic heterocycles. The second-order valence-electron chi connectivity index (χ2n) is 20.3. The molecule has 0 radical (unpaired) electrons. The van der Waals surface area contributed by atoms with Crippen molar-refractivity contribution in [2.24, 2.45) is 28.7 Å². The molecule has 1 saturated carbocycles. The summed E-state index contributed by atoms with van der Waals surface area (Å²) in [6.45, 7) is -1.24. The minimum atomic E-state index is -2.39. The van der Waals surface area contributed by atoms with Gasteiger partial charge >= 0.3 is 11.9 Å². The van der Waals surface area contributed by atoms with Crippen LogP contribution in [-0.4, -0.2) is 125 Å². The van der Waals surface area contributed by atoms with Gasteiger partial charge in [0.25, 0.3) is 0 Å². The molecule has 0 unspecified atom stereocenters. The van der Waals surface area contributed by atoms with Crippen molar-refractivity contribution in [1.82, 2.24) is 9.55 Å². The van der Waals surface area contributed by atoms with E-state index in [-0.39, 0.29) is 74.4 Å². The maximum Gasteiger partial charge on any atom is 0.333 e. The zero-order valence-electron chi connectivity index (χ0n) is 39.6. The SMILES string of the molecule is NC(N)[C@@H]1OC(=O)[C@H](C(=O)O)C#CC[C@@H]2CC[C@]3(Cc4c(cc5c(c4Cn4cc6cc[nH]c6c4CO)[C@@H]4Oc6c7ccc(OCO)c6OC[C@H](O)C#C[C@@H](c6ccccc6)[C@H](O5)[C@@H]74)O[C@@H]4O[C@H]1[C@@H](O)[C@H](O)[C@@]43O)C2. The van der Waals surface area contributed by atoms with Crippen molar-refractivity contribution in [2.45, 2.75) is 118 Å². The molecule has 14 atom stereocenters. The van der Waals surface area contributed by atoms with Crippen molar-refractivity contribution in [2.75, 3.05) is 13.4 Å². The Hall–Kier alpha value is -6.82. The van der Waals surface area contributed by atoms with Gasteiger partial charge in [-0.2, -0.15) is 0 Å². The summed E-state index contributed by atoms with van der Waals surface area (Å²) in [5.74, 6) is 6.26. The smallest absolute Gasteiger partial charge is 0.333 e. The summed E-state index contributed by atoms with van der Waals surface area (Å²) in [5, 5.41) is 81.3. The number of carboxylic acid groups (broad SMARTS) is 1. The fourth-order valence-corrected chi connectivity index (χ4v) is 12.8. The number of aliphatic hydroxyl groups excluding tert-OH is 5. The number of hydrogen-bond acceptors (Lipinski definition) is 17. The summed E-state index contributed by atoms with van der Waals surface area (Å²) in [6, 6.07) is 16.5. The Morgan fingerprint density at radius 2 is 1.80 bits per heavy atom. The molecular formula is C54H54N4O16. The summed E-state index contributed by atoms with van der Waals surface area (Å²) in [7, 11) is 0. The number of nitrogens with one attached hydrogen (secondary N) is 1. The highest BCUT2D eigenvalue weighted by Gasteiger charge is 2.70. The first-order chi connectivity index (χ1) is 35.7. The van der Waals surface area contributed by atoms with E-state index in [4.69, 9.17) is 44.6 Å². The summed E-state index contributed by atoms with van der Waals surface area (Å²) >= 11 is 0. The van der Waals surface area contributed by atoms with Crippen LogP contribution in [0, 0.1) is 40.9 Å². The Morgan fingerprint density at radius 3 is 2.57 bits per heavy atom. The zero-order chi connectivity index (χ0) is 51.4. The molecule has 20 nitrogen and oxygen atoms in total. The number of hydrogen-bond donors (Lipinski definition) is 10. The fraction of sp³-hybridized carbons (Fsp3) is 0.444. The second kappa shape index (κ2) is 18.2. The molecule has 12 N–H and O–H groups in total. The van der Waals surface area contributed by atoms with E-state index in [2.05, 4.69) is 28.7 Å². The summed E-state index contributed by atoms with van der Waals surface area (Å²) in [5.41, 5.74) is 13.1. The number of carbonyl (C=O) groups excluding carboxylic acids is 1. The van der Waals surface area contributed by atoms with Gasteiger partial charge in [-0.05, 0) is 54.9 Å². The first-order valence-corrected chi connectivity index (χ1v) is 24.6. The molecular weight excluding hydrogens is 961 g/mol. The molecule has 9 bridgehead atoms. The molecule has 7 aliphatic heterocycles. The van der Waals surface area contributed by atoms with Crippen molar-refractivity contribution in [3.63, 3.8) is 0 Å². The van der Waals surface area contributed by atoms with E-state index >= 15 is 0 Å². The predicted octanol–water partition coefficient (Wildman–Crippen LogP) is 1.52. The van der Waals surface area contributed by atoms with Gasteiger partial charge in [-0.1, -0.05) is 54.2 Å². The van der Waals surface area contributed by atoms with Crippen LogP contribution in [0.2, 0.25) is 0 Å². The van der Waals surface area contributed by atoms with Crippen molar-refractivity contribution in [3.05, 3.63) is 101 Å². The predicted molar refractivity (Wildman–Crippen MR) is 256 cm³/mol. The Bertz CT molecular complexity index is 3190. The Labute approximate surface area is 422 Å². The Balaban J connectivity index is 1.10. The molecule has 1 spiro atoms. The van der Waals surface area contributed by atoms with Crippen LogP contribution in [0.5, 0.6) is 28.7 Å². The topological polar surface area (TPSA) is 313 Å². The van der Waals surface area contributed by atoms with Crippen LogP contribution in [-0.2, 0) is 38.6 Å². The third-order valence-electron chi connectivity index (χ3n) is 16.3. The molecule has 5 aromatic rings. The number of ether oxygens (including phenoxy) is 7. The summed E-state index contributed by atoms with van der Waals surface area (Å²) < 4.78 is 47.5. The molecule has 8 aliphatic rings. The molecule has 9 heterocycles. The van der Waals surface area contributed by atoms with Gasteiger partial charge in [0.15, 0.2) is 30.0 Å². The fourth-order valence-electron chi connectivity index (χ4n) is 12.8. The van der Waals surface area contributed by atoms with Gasteiger partial charge in [-0.15, -0.1) is 5.92 Å². The third kappa shape index (κ3) is 7.42. The standard InChI is InChI=1S/C54H54N4O16/c55-49(56)47-46-41(62)48(63)54(67)52(74-46)71-36-17-37-38(45-39-30-11-12-35(69-24-60)44(43(30)72-45)68-23-28(61)9-10-29(42(39)70-37)26-6-2-1-3-7-26)33(21-58-20-27-14-16-57-40(27)34(58)22-59)32(36)19-53(54)15-13-25(18-53)5-4-8-31(50(64)65)51(66)73-47/h1-3,6-7,11-12,14,16-17,20,25,28-29,31,39,41-42,45-49,52,57,59-63,67H,5,13,15,18-19,21-24,55-56H2,(H,64,65)/t25-,28-,29+,31+,39-,41-,42+,45+,46+,47-,48+,52-,53-,54-/m1/s1. The number of aromatic amines is 1. The van der Waals surface area contributed by atoms with Gasteiger partial charge < -0.3 is 89.9 Å². The van der Waals surface area contributed by atoms with Crippen LogP contribution < -0.4 is 35.2 Å². The third-order valence-corrected chi connectivity index (χ3v) is 16.3. The van der Waals surface area contributed by atoms with E-state index in [1.165, 1.54) is 0 Å². The number of nitrogens with two attached hydrogens (primary N) is 2. The van der Waals surface area contributed by atoms with E-state index in [1.54, 1.807) is 18.3 Å². The Kier molecular flexibility index (Phi) is 11.9. The lowest BCUT2D eigenvalue weighted by molar-refractivity contribution is -0.356. The van der Waals surface area contributed by atoms with Crippen LogP contribution in [0.1, 0.15) is 77.1 Å². The molecule has 1 aliphatic carbocycles. The van der Waals surface area contributed by atoms with E-state index in [1.807, 2.05) is 53.2 Å². The van der Waals surface area contributed by atoms with Gasteiger partial charge in [0.1, 0.15) is 54.7 Å². The summed E-state index contributed by atoms with van der Waals surface area (Å²) in [4.78, 5) is 29.2. The number of carboxylic acids is 1. The number of fused-ring (bicyclic) bond motifs is 10. The summed E-state index contributed by atoms with van der Waals surface area (Å²) in [6.07, 6.45) is -9.36. The zero-order valence-corrected chi connectivity index (χ0v) is 39.6. The number of benzene rings is 3. The highest BCUT2D eigenvalue weighted by Crippen LogP contribution is 2.64. The first kappa shape index (κ1) is 48.1. The minimum absolute atomic E-state index is 0.00641. The number of nitrogens with zero attached hydrogens (tertiary/aromatic N) is 1. The monoisotopic (exact) mass is 1010 g/mol. The van der Waals surface area contributed by atoms with Crippen LogP contribution in [0.4, 0.5) is 0 Å². The largest absolute Gasteiger partial charge is 0.487 e. The van der Waals surface area contributed by atoms with E-state index < -0.39 is 103 Å². The van der Waals surface area contributed by atoms with Crippen LogP contribution in [0.15, 0.2) is 67.0 Å². The lowest BCUT2D eigenvalue weighted by Gasteiger charge is -2.55. The molecule has 1 saturated heterocycles. The quantitative estimate of drug-likeness (QED) is 0.0456. The van der Waals surface area contributed by atoms with E-state index in [0.717, 1.165) is 10.9 Å². The molecule has 386 valence electrons. The maximum absolute atomic E-state index is 13.6. The van der Waals surface area contributed by atoms with Gasteiger partial charge in [-0.25, -0.2) is 0 Å². The van der Waals surface area contributed by atoms with E-state index in [0.29, 0.717) is 45.6 Å². The number of H-pyrrole nitrogens is 1. The van der Waals surface area contributed by atoms with Crippen LogP contribution in [0.25, 0.3) is 10.9 Å². The highest BCUT2D eigenvalue weighted by molar-refractivity contribution is 5.97. The number of esters is 1. The van der Waals surface area contributed by atoms with E-state index in [9.17, 15) is 45.3 Å². The van der Waals surface area contributed by atoms with Gasteiger partial charge in [0, 0.05) is 58.9 Å². The van der Waals surface area contributed by atoms with Crippen molar-refractivity contribution >= 4 is 22.8 Å². The highest BCUT2D eigenvalue weighted by atomic mass is 16.7. The minimum Gasteiger partial charge on any atom is -0.487 e. The van der Waals surface area contributed by atoms with Crippen molar-refractivity contribution in [3.8, 4) is 52.4 Å². The molecule has 74 heavy (non-hydrogen) atoms. The van der Waals surface area contributed by atoms with Gasteiger partial charge in [0.2, 0.25) is 18.0 Å². The molecule has 2 fully saturated rings. The van der Waals surface area contributed by atoms with Crippen molar-refractivity contribution in [1.29, 1.82) is 0 Å². The lowest BCUT2D eigenvalue weighted by Crippen LogP contribution is -2.75. The average molecular weight is 1020 g/mol. The molecule has 13 rings (SSSR count). The number of aliphatic carboxylic acids is 1. The lowest BCUT2D eigenvalue weighted by atomic mass is 9.61. The average Bonchev–Trinajstić information content (AvgIpc) is 4.17. The number of carbonyl (C=O) groups is 2. The van der Waals surface area contributed by atoms with Crippen molar-refractivity contribution < 1.29 is 78.5 Å². The normalized spacial score (nSPS) is 33.3. The van der Waals surface area contributed by atoms with Crippen LogP contribution in [0.3, 0.4) is 0 Å². The first-order valence-electron chi connectivity index (χ1n) is 24.6. The molecule has 0 amide bonds. The molecule has 3 aromatic carbocycles. The van der Waals surface area contributed by atoms with Crippen LogP contribution >= 0.6 is 0 Å². The second-order valence-corrected chi connectivity index (χ2v) is 20.3.